The second kappa shape index (κ2) is 5.44. The number of thiophene rings is 1. The molecule has 2 heterocycles. The van der Waals surface area contributed by atoms with Gasteiger partial charge < -0.3 is 0 Å². The highest BCUT2D eigenvalue weighted by molar-refractivity contribution is 7.89. The molecule has 0 aliphatic rings. The number of hydrogen-bond donors (Lipinski definition) is 1. The van der Waals surface area contributed by atoms with Gasteiger partial charge in [-0.2, -0.15) is 5.10 Å². The summed E-state index contributed by atoms with van der Waals surface area (Å²) in [6.07, 6.45) is 0. The van der Waals surface area contributed by atoms with E-state index in [1.807, 2.05) is 24.4 Å². The molecular weight excluding hydrogens is 282 g/mol. The molecule has 0 aromatic carbocycles. The predicted molar refractivity (Wildman–Crippen MR) is 75.7 cm³/mol. The van der Waals surface area contributed by atoms with Crippen LogP contribution in [0.4, 0.5) is 0 Å². The van der Waals surface area contributed by atoms with Crippen molar-refractivity contribution in [2.24, 2.45) is 0 Å². The van der Waals surface area contributed by atoms with Gasteiger partial charge in [0.25, 0.3) is 0 Å². The Bertz CT molecular complexity index is 657. The monoisotopic (exact) mass is 299 g/mol. The summed E-state index contributed by atoms with van der Waals surface area (Å²) < 4.78 is 29.0. The molecular formula is C12H17N3O2S2. The molecule has 0 saturated heterocycles. The maximum atomic E-state index is 12.3. The van der Waals surface area contributed by atoms with Crippen LogP contribution in [0.1, 0.15) is 23.2 Å². The van der Waals surface area contributed by atoms with Gasteiger partial charge in [0.1, 0.15) is 4.90 Å². The molecule has 2 rings (SSSR count). The van der Waals surface area contributed by atoms with Crippen LogP contribution in [0.3, 0.4) is 0 Å². The van der Waals surface area contributed by atoms with Crippen molar-refractivity contribution in [1.82, 2.24) is 14.5 Å². The molecule has 1 N–H and O–H groups in total. The zero-order chi connectivity index (χ0) is 14.0. The summed E-state index contributed by atoms with van der Waals surface area (Å²) in [6.45, 7) is 6.42. The minimum absolute atomic E-state index is 0.297. The van der Waals surface area contributed by atoms with E-state index in [0.717, 1.165) is 4.88 Å². The van der Waals surface area contributed by atoms with E-state index >= 15 is 0 Å². The molecule has 2 aromatic rings. The van der Waals surface area contributed by atoms with Crippen LogP contribution in [0.15, 0.2) is 22.4 Å². The van der Waals surface area contributed by atoms with Crippen molar-refractivity contribution in [3.05, 3.63) is 33.8 Å². The Morgan fingerprint density at radius 2 is 2.16 bits per heavy atom. The number of rotatable bonds is 5. The third kappa shape index (κ3) is 2.88. The molecule has 104 valence electrons. The molecule has 0 aliphatic heterocycles. The standard InChI is InChI=1S/C12H17N3O2S2/c1-4-15-10(3)12(9(2)14-15)19(16,17)13-8-11-6-5-7-18-11/h5-7,13H,4,8H2,1-3H3. The lowest BCUT2D eigenvalue weighted by molar-refractivity contribution is 0.579. The van der Waals surface area contributed by atoms with Gasteiger partial charge in [0.2, 0.25) is 10.0 Å². The van der Waals surface area contributed by atoms with Crippen LogP contribution >= 0.6 is 11.3 Å². The van der Waals surface area contributed by atoms with E-state index in [2.05, 4.69) is 9.82 Å². The number of sulfonamides is 1. The van der Waals surface area contributed by atoms with E-state index in [-0.39, 0.29) is 0 Å². The molecule has 0 amide bonds. The van der Waals surface area contributed by atoms with Crippen molar-refractivity contribution in [2.45, 2.75) is 38.8 Å². The van der Waals surface area contributed by atoms with Crippen LogP contribution in [0, 0.1) is 13.8 Å². The topological polar surface area (TPSA) is 64.0 Å². The fourth-order valence-electron chi connectivity index (χ4n) is 2.03. The van der Waals surface area contributed by atoms with Crippen molar-refractivity contribution in [1.29, 1.82) is 0 Å². The average Bonchev–Trinajstić information content (AvgIpc) is 2.95. The Labute approximate surface area is 117 Å². The van der Waals surface area contributed by atoms with Crippen molar-refractivity contribution < 1.29 is 8.42 Å². The Morgan fingerprint density at radius 3 is 2.68 bits per heavy atom. The van der Waals surface area contributed by atoms with E-state index in [0.29, 0.717) is 29.4 Å². The zero-order valence-corrected chi connectivity index (χ0v) is 12.8. The first-order valence-electron chi connectivity index (χ1n) is 6.01. The lowest BCUT2D eigenvalue weighted by Crippen LogP contribution is -2.24. The van der Waals surface area contributed by atoms with Gasteiger partial charge in [-0.1, -0.05) is 6.07 Å². The van der Waals surface area contributed by atoms with Crippen molar-refractivity contribution in [3.63, 3.8) is 0 Å². The van der Waals surface area contributed by atoms with Gasteiger partial charge in [-0.3, -0.25) is 4.68 Å². The molecule has 0 fully saturated rings. The first-order valence-corrected chi connectivity index (χ1v) is 8.38. The minimum atomic E-state index is -3.51. The highest BCUT2D eigenvalue weighted by atomic mass is 32.2. The molecule has 2 aromatic heterocycles. The summed E-state index contributed by atoms with van der Waals surface area (Å²) in [4.78, 5) is 1.28. The Morgan fingerprint density at radius 1 is 1.42 bits per heavy atom. The summed E-state index contributed by atoms with van der Waals surface area (Å²) in [7, 11) is -3.51. The van der Waals surface area contributed by atoms with E-state index < -0.39 is 10.0 Å². The third-order valence-corrected chi connectivity index (χ3v) is 5.43. The molecule has 0 saturated carbocycles. The van der Waals surface area contributed by atoms with Gasteiger partial charge in [0.15, 0.2) is 0 Å². The maximum absolute atomic E-state index is 12.3. The quantitative estimate of drug-likeness (QED) is 0.919. The van der Waals surface area contributed by atoms with E-state index in [1.54, 1.807) is 18.5 Å². The summed E-state index contributed by atoms with van der Waals surface area (Å²) >= 11 is 1.53. The number of aromatic nitrogens is 2. The zero-order valence-electron chi connectivity index (χ0n) is 11.2. The smallest absolute Gasteiger partial charge is 0.244 e. The number of nitrogens with zero attached hydrogens (tertiary/aromatic N) is 2. The molecule has 7 heteroatoms. The second-order valence-corrected chi connectivity index (χ2v) is 6.96. The van der Waals surface area contributed by atoms with Crippen molar-refractivity contribution in [3.8, 4) is 0 Å². The van der Waals surface area contributed by atoms with Crippen LogP contribution in [0.5, 0.6) is 0 Å². The highest BCUT2D eigenvalue weighted by Gasteiger charge is 2.23. The van der Waals surface area contributed by atoms with Crippen LogP contribution in [0.2, 0.25) is 0 Å². The lowest BCUT2D eigenvalue weighted by Gasteiger charge is -2.06. The van der Waals surface area contributed by atoms with Gasteiger partial charge in [-0.05, 0) is 32.2 Å². The molecule has 0 unspecified atom stereocenters. The number of hydrogen-bond acceptors (Lipinski definition) is 4. The molecule has 0 atom stereocenters. The molecule has 5 nitrogen and oxygen atoms in total. The Balaban J connectivity index is 2.27. The predicted octanol–water partition coefficient (Wildman–Crippen LogP) is 2.06. The molecule has 0 spiro atoms. The van der Waals surface area contributed by atoms with E-state index in [9.17, 15) is 8.42 Å². The van der Waals surface area contributed by atoms with Gasteiger partial charge in [-0.15, -0.1) is 11.3 Å². The van der Waals surface area contributed by atoms with Crippen molar-refractivity contribution >= 4 is 21.4 Å². The highest BCUT2D eigenvalue weighted by Crippen LogP contribution is 2.20. The molecule has 0 radical (unpaired) electrons. The first kappa shape index (κ1) is 14.2. The van der Waals surface area contributed by atoms with Crippen LogP contribution in [0.25, 0.3) is 0 Å². The molecule has 19 heavy (non-hydrogen) atoms. The average molecular weight is 299 g/mol. The van der Waals surface area contributed by atoms with Gasteiger partial charge in [0, 0.05) is 18.0 Å². The first-order chi connectivity index (χ1) is 8.95. The van der Waals surface area contributed by atoms with E-state index in [1.165, 1.54) is 11.3 Å². The minimum Gasteiger partial charge on any atom is -0.268 e. The Kier molecular flexibility index (Phi) is 4.07. The summed E-state index contributed by atoms with van der Waals surface area (Å²) in [5.41, 5.74) is 1.22. The number of nitrogens with one attached hydrogen (secondary N) is 1. The summed E-state index contributed by atoms with van der Waals surface area (Å²) in [6, 6.07) is 3.81. The molecule has 0 aliphatic carbocycles. The van der Waals surface area contributed by atoms with Crippen LogP contribution in [-0.2, 0) is 23.1 Å². The van der Waals surface area contributed by atoms with E-state index in [4.69, 9.17) is 0 Å². The van der Waals surface area contributed by atoms with Gasteiger partial charge in [-0.25, -0.2) is 13.1 Å². The summed E-state index contributed by atoms with van der Waals surface area (Å²) in [5, 5.41) is 6.17. The van der Waals surface area contributed by atoms with Crippen molar-refractivity contribution in [2.75, 3.05) is 0 Å². The second-order valence-electron chi connectivity index (χ2n) is 4.22. The van der Waals surface area contributed by atoms with Gasteiger partial charge in [0.05, 0.1) is 11.4 Å². The fraction of sp³-hybridized carbons (Fsp3) is 0.417. The largest absolute Gasteiger partial charge is 0.268 e. The van der Waals surface area contributed by atoms with Crippen LogP contribution < -0.4 is 4.72 Å². The summed E-state index contributed by atoms with van der Waals surface area (Å²) in [5.74, 6) is 0. The number of aryl methyl sites for hydroxylation is 2. The maximum Gasteiger partial charge on any atom is 0.244 e. The van der Waals surface area contributed by atoms with Gasteiger partial charge >= 0.3 is 0 Å². The Hall–Kier alpha value is -1.18. The SMILES string of the molecule is CCn1nc(C)c(S(=O)(=O)NCc2cccs2)c1C. The third-order valence-electron chi connectivity index (χ3n) is 2.90. The fourth-order valence-corrected chi connectivity index (χ4v) is 4.18. The van der Waals surface area contributed by atoms with Crippen LogP contribution in [-0.4, -0.2) is 18.2 Å². The normalized spacial score (nSPS) is 11.9. The lowest BCUT2D eigenvalue weighted by atomic mass is 10.4. The molecule has 0 bridgehead atoms.